The van der Waals surface area contributed by atoms with Gasteiger partial charge >= 0.3 is 0 Å². The topological polar surface area (TPSA) is 87.4 Å². The van der Waals surface area contributed by atoms with Crippen LogP contribution in [0.1, 0.15) is 42.8 Å². The molecule has 3 aromatic rings. The maximum absolute atomic E-state index is 12.8. The number of likely N-dealkylation sites (N-methyl/N-ethyl adjacent to an activating group) is 1. The molecule has 1 aliphatic rings. The van der Waals surface area contributed by atoms with Crippen molar-refractivity contribution < 1.29 is 9.21 Å². The molecule has 4 heterocycles. The van der Waals surface area contributed by atoms with Crippen molar-refractivity contribution in [3.8, 4) is 0 Å². The number of hydrogen-bond acceptors (Lipinski definition) is 9. The number of oxazole rings is 1. The van der Waals surface area contributed by atoms with Crippen LogP contribution < -0.4 is 10.2 Å². The lowest BCUT2D eigenvalue weighted by atomic mass is 9.94. The molecule has 32 heavy (non-hydrogen) atoms. The molecule has 8 nitrogen and oxygen atoms in total. The molecule has 1 aliphatic heterocycles. The second kappa shape index (κ2) is 9.60. The molecule has 10 heteroatoms. The number of piperazine rings is 1. The number of anilines is 2. The molecule has 3 aromatic heterocycles. The van der Waals surface area contributed by atoms with Crippen LogP contribution >= 0.6 is 23.1 Å². The minimum atomic E-state index is -0.184. The lowest BCUT2D eigenvalue weighted by Crippen LogP contribution is -2.44. The minimum Gasteiger partial charge on any atom is -0.444 e. The van der Waals surface area contributed by atoms with Crippen LogP contribution in [0.4, 0.5) is 10.9 Å². The first-order chi connectivity index (χ1) is 15.3. The van der Waals surface area contributed by atoms with Gasteiger partial charge in [0.2, 0.25) is 5.89 Å². The van der Waals surface area contributed by atoms with E-state index in [1.165, 1.54) is 11.3 Å². The molecule has 0 spiro atoms. The lowest BCUT2D eigenvalue weighted by Gasteiger charge is -2.33. The minimum absolute atomic E-state index is 0.0605. The third kappa shape index (κ3) is 5.67. The van der Waals surface area contributed by atoms with E-state index in [-0.39, 0.29) is 11.3 Å². The van der Waals surface area contributed by atoms with Crippen molar-refractivity contribution in [2.45, 2.75) is 36.1 Å². The predicted octanol–water partition coefficient (Wildman–Crippen LogP) is 4.12. The molecule has 1 saturated heterocycles. The normalized spacial score (nSPS) is 15.2. The van der Waals surface area contributed by atoms with E-state index in [1.54, 1.807) is 36.4 Å². The second-order valence-electron chi connectivity index (χ2n) is 8.79. The van der Waals surface area contributed by atoms with E-state index >= 15 is 0 Å². The molecule has 170 valence electrons. The van der Waals surface area contributed by atoms with Crippen LogP contribution in [0.3, 0.4) is 0 Å². The van der Waals surface area contributed by atoms with Crippen LogP contribution in [0.2, 0.25) is 0 Å². The fraction of sp³-hybridized carbons (Fsp3) is 0.455. The molecule has 4 rings (SSSR count). The van der Waals surface area contributed by atoms with Crippen LogP contribution in [0.5, 0.6) is 0 Å². The summed E-state index contributed by atoms with van der Waals surface area (Å²) in [5.74, 6) is 2.83. The largest absolute Gasteiger partial charge is 0.444 e. The molecule has 0 radical (unpaired) electrons. The van der Waals surface area contributed by atoms with Crippen molar-refractivity contribution in [3.05, 3.63) is 47.9 Å². The predicted molar refractivity (Wildman–Crippen MR) is 129 cm³/mol. The summed E-state index contributed by atoms with van der Waals surface area (Å²) in [6, 6.07) is 3.58. The average Bonchev–Trinajstić information content (AvgIpc) is 3.42. The summed E-state index contributed by atoms with van der Waals surface area (Å²) in [4.78, 5) is 30.4. The Morgan fingerprint density at radius 3 is 2.69 bits per heavy atom. The number of thiazole rings is 1. The summed E-state index contributed by atoms with van der Waals surface area (Å²) in [6.07, 6.45) is 5.24. The Labute approximate surface area is 196 Å². The molecule has 1 N–H and O–H groups in total. The molecular formula is C22H28N6O2S2. The van der Waals surface area contributed by atoms with Crippen LogP contribution in [0.15, 0.2) is 39.3 Å². The van der Waals surface area contributed by atoms with Gasteiger partial charge in [-0.25, -0.2) is 15.0 Å². The zero-order valence-corrected chi connectivity index (χ0v) is 20.4. The van der Waals surface area contributed by atoms with E-state index < -0.39 is 0 Å². The highest BCUT2D eigenvalue weighted by molar-refractivity contribution is 8.00. The summed E-state index contributed by atoms with van der Waals surface area (Å²) in [5, 5.41) is 3.47. The standard InChI is InChI=1S/C22H28N6O2S2/c1-22(2,3)16-12-24-18(30-16)14-31-19-13-25-21(32-19)26-20(29)15-5-6-23-17(11-15)28-9-7-27(4)8-10-28/h5-6,11-13H,7-10,14H2,1-4H3,(H,25,26,29). The maximum atomic E-state index is 12.8. The Kier molecular flexibility index (Phi) is 6.82. The van der Waals surface area contributed by atoms with Gasteiger partial charge in [-0.1, -0.05) is 32.1 Å². The molecule has 1 amide bonds. The van der Waals surface area contributed by atoms with Gasteiger partial charge in [-0.3, -0.25) is 10.1 Å². The highest BCUT2D eigenvalue weighted by Crippen LogP contribution is 2.32. The van der Waals surface area contributed by atoms with Gasteiger partial charge in [0, 0.05) is 43.4 Å². The number of hydrogen-bond donors (Lipinski definition) is 1. The third-order valence-electron chi connectivity index (χ3n) is 5.17. The third-order valence-corrected chi connectivity index (χ3v) is 7.26. The molecule has 0 bridgehead atoms. The van der Waals surface area contributed by atoms with Crippen molar-refractivity contribution in [1.29, 1.82) is 0 Å². The van der Waals surface area contributed by atoms with E-state index in [2.05, 4.69) is 57.9 Å². The number of nitrogens with one attached hydrogen (secondary N) is 1. The highest BCUT2D eigenvalue weighted by Gasteiger charge is 2.20. The molecule has 1 fully saturated rings. The van der Waals surface area contributed by atoms with Crippen LogP contribution in [0, 0.1) is 0 Å². The summed E-state index contributed by atoms with van der Waals surface area (Å²) < 4.78 is 6.83. The number of rotatable bonds is 6. The maximum Gasteiger partial charge on any atom is 0.257 e. The number of pyridine rings is 1. The van der Waals surface area contributed by atoms with E-state index in [1.807, 2.05) is 6.07 Å². The van der Waals surface area contributed by atoms with Crippen molar-refractivity contribution in [2.24, 2.45) is 0 Å². The van der Waals surface area contributed by atoms with Gasteiger partial charge in [0.05, 0.1) is 22.4 Å². The summed E-state index contributed by atoms with van der Waals surface area (Å²) in [5.41, 5.74) is 0.516. The molecule has 0 unspecified atom stereocenters. The molecule has 0 aromatic carbocycles. The van der Waals surface area contributed by atoms with Crippen molar-refractivity contribution in [2.75, 3.05) is 43.4 Å². The molecular weight excluding hydrogens is 444 g/mol. The number of nitrogens with zero attached hydrogens (tertiary/aromatic N) is 5. The van der Waals surface area contributed by atoms with E-state index in [9.17, 15) is 4.79 Å². The monoisotopic (exact) mass is 472 g/mol. The van der Waals surface area contributed by atoms with Crippen LogP contribution in [0.25, 0.3) is 0 Å². The Hall–Kier alpha value is -2.43. The highest BCUT2D eigenvalue weighted by atomic mass is 32.2. The van der Waals surface area contributed by atoms with Crippen LogP contribution in [-0.4, -0.2) is 59.0 Å². The quantitative estimate of drug-likeness (QED) is 0.536. The van der Waals surface area contributed by atoms with Crippen LogP contribution in [-0.2, 0) is 11.2 Å². The summed E-state index contributed by atoms with van der Waals surface area (Å²) in [7, 11) is 2.11. The average molecular weight is 473 g/mol. The summed E-state index contributed by atoms with van der Waals surface area (Å²) >= 11 is 3.03. The zero-order chi connectivity index (χ0) is 22.7. The van der Waals surface area contributed by atoms with Gasteiger partial charge in [0.1, 0.15) is 11.6 Å². The fourth-order valence-corrected chi connectivity index (χ4v) is 4.90. The summed E-state index contributed by atoms with van der Waals surface area (Å²) in [6.45, 7) is 10.1. The Bertz CT molecular complexity index is 1070. The first-order valence-corrected chi connectivity index (χ1v) is 12.3. The van der Waals surface area contributed by atoms with E-state index in [0.29, 0.717) is 22.3 Å². The van der Waals surface area contributed by atoms with Gasteiger partial charge in [0.25, 0.3) is 5.91 Å². The smallest absolute Gasteiger partial charge is 0.257 e. The van der Waals surface area contributed by atoms with E-state index in [4.69, 9.17) is 4.42 Å². The molecule has 0 atom stereocenters. The number of amides is 1. The first kappa shape index (κ1) is 22.8. The number of aromatic nitrogens is 3. The van der Waals surface area contributed by atoms with Gasteiger partial charge in [-0.05, 0) is 19.2 Å². The first-order valence-electron chi connectivity index (χ1n) is 10.5. The lowest BCUT2D eigenvalue weighted by molar-refractivity contribution is 0.102. The Morgan fingerprint density at radius 2 is 1.97 bits per heavy atom. The van der Waals surface area contributed by atoms with Crippen molar-refractivity contribution in [1.82, 2.24) is 19.9 Å². The van der Waals surface area contributed by atoms with Crippen molar-refractivity contribution in [3.63, 3.8) is 0 Å². The Morgan fingerprint density at radius 1 is 1.19 bits per heavy atom. The Balaban J connectivity index is 1.34. The molecule has 0 saturated carbocycles. The number of carbonyl (C=O) groups excluding carboxylic acids is 1. The van der Waals surface area contributed by atoms with E-state index in [0.717, 1.165) is 42.0 Å². The second-order valence-corrected chi connectivity index (χ2v) is 11.1. The van der Waals surface area contributed by atoms with Gasteiger partial charge in [-0.15, -0.1) is 11.8 Å². The van der Waals surface area contributed by atoms with Gasteiger partial charge < -0.3 is 14.2 Å². The van der Waals surface area contributed by atoms with Gasteiger partial charge in [0.15, 0.2) is 5.13 Å². The molecule has 0 aliphatic carbocycles. The number of thioether (sulfide) groups is 1. The zero-order valence-electron chi connectivity index (χ0n) is 18.8. The fourth-order valence-electron chi connectivity index (χ4n) is 3.18. The van der Waals surface area contributed by atoms with Gasteiger partial charge in [-0.2, -0.15) is 0 Å². The number of carbonyl (C=O) groups is 1. The SMILES string of the molecule is CN1CCN(c2cc(C(=O)Nc3ncc(SCc4ncc(C(C)(C)C)o4)s3)ccn2)CC1. The van der Waals surface area contributed by atoms with Crippen molar-refractivity contribution >= 4 is 40.0 Å².